The van der Waals surface area contributed by atoms with Crippen LogP contribution in [0.1, 0.15) is 25.7 Å². The van der Waals surface area contributed by atoms with Crippen LogP contribution in [0.25, 0.3) is 0 Å². The minimum atomic E-state index is -4.05. The van der Waals surface area contributed by atoms with Crippen molar-refractivity contribution in [1.82, 2.24) is 0 Å². The van der Waals surface area contributed by atoms with Gasteiger partial charge in [0.15, 0.2) is 0 Å². The van der Waals surface area contributed by atoms with Gasteiger partial charge in [0.2, 0.25) is 0 Å². The Balaban J connectivity index is 2.53. The SMILES string of the molecule is C#C[C@H]1CCC[C@H](C(F)(F)F)C1. The van der Waals surface area contributed by atoms with E-state index in [0.29, 0.717) is 6.42 Å². The average molecular weight is 176 g/mol. The molecule has 0 N–H and O–H groups in total. The van der Waals surface area contributed by atoms with E-state index < -0.39 is 12.1 Å². The molecule has 0 nitrogen and oxygen atoms in total. The summed E-state index contributed by atoms with van der Waals surface area (Å²) in [5.74, 6) is 1.08. The highest BCUT2D eigenvalue weighted by Crippen LogP contribution is 2.39. The predicted molar refractivity (Wildman–Crippen MR) is 40.3 cm³/mol. The van der Waals surface area contributed by atoms with Crippen LogP contribution in [0.3, 0.4) is 0 Å². The van der Waals surface area contributed by atoms with Gasteiger partial charge in [0.05, 0.1) is 5.92 Å². The van der Waals surface area contributed by atoms with Crippen molar-refractivity contribution in [2.24, 2.45) is 11.8 Å². The van der Waals surface area contributed by atoms with Gasteiger partial charge in [-0.05, 0) is 19.3 Å². The van der Waals surface area contributed by atoms with Crippen LogP contribution >= 0.6 is 0 Å². The van der Waals surface area contributed by atoms with E-state index in [0.717, 1.165) is 6.42 Å². The summed E-state index contributed by atoms with van der Waals surface area (Å²) in [7, 11) is 0. The van der Waals surface area contributed by atoms with Gasteiger partial charge in [0.25, 0.3) is 0 Å². The fourth-order valence-electron chi connectivity index (χ4n) is 1.64. The van der Waals surface area contributed by atoms with E-state index >= 15 is 0 Å². The lowest BCUT2D eigenvalue weighted by Gasteiger charge is -2.27. The van der Waals surface area contributed by atoms with Crippen LogP contribution in [0, 0.1) is 24.2 Å². The normalized spacial score (nSPS) is 31.2. The van der Waals surface area contributed by atoms with Crippen LogP contribution in [-0.2, 0) is 0 Å². The topological polar surface area (TPSA) is 0 Å². The number of alkyl halides is 3. The molecule has 0 aromatic heterocycles. The lowest BCUT2D eigenvalue weighted by molar-refractivity contribution is -0.184. The van der Waals surface area contributed by atoms with Crippen molar-refractivity contribution in [3.63, 3.8) is 0 Å². The summed E-state index contributed by atoms with van der Waals surface area (Å²) in [6.45, 7) is 0. The van der Waals surface area contributed by atoms with Crippen molar-refractivity contribution in [3.8, 4) is 12.3 Å². The lowest BCUT2D eigenvalue weighted by Crippen LogP contribution is -2.28. The molecule has 0 bridgehead atoms. The molecule has 0 aromatic rings. The Morgan fingerprint density at radius 3 is 2.42 bits per heavy atom. The van der Waals surface area contributed by atoms with Gasteiger partial charge in [-0.2, -0.15) is 13.2 Å². The van der Waals surface area contributed by atoms with E-state index in [2.05, 4.69) is 5.92 Å². The number of halogens is 3. The maximum absolute atomic E-state index is 12.2. The lowest BCUT2D eigenvalue weighted by atomic mass is 9.81. The Labute approximate surface area is 70.1 Å². The summed E-state index contributed by atoms with van der Waals surface area (Å²) in [4.78, 5) is 0. The van der Waals surface area contributed by atoms with Gasteiger partial charge < -0.3 is 0 Å². The van der Waals surface area contributed by atoms with Crippen molar-refractivity contribution >= 4 is 0 Å². The van der Waals surface area contributed by atoms with Gasteiger partial charge in [-0.3, -0.25) is 0 Å². The number of hydrogen-bond acceptors (Lipinski definition) is 0. The third-order valence-electron chi connectivity index (χ3n) is 2.37. The third kappa shape index (κ3) is 2.17. The first-order valence-electron chi connectivity index (χ1n) is 4.07. The molecule has 68 valence electrons. The van der Waals surface area contributed by atoms with Crippen LogP contribution < -0.4 is 0 Å². The Morgan fingerprint density at radius 1 is 1.25 bits per heavy atom. The van der Waals surface area contributed by atoms with E-state index in [1.807, 2.05) is 0 Å². The fraction of sp³-hybridized carbons (Fsp3) is 0.778. The van der Waals surface area contributed by atoms with Crippen molar-refractivity contribution in [2.45, 2.75) is 31.9 Å². The van der Waals surface area contributed by atoms with Crippen LogP contribution in [0.4, 0.5) is 13.2 Å². The molecule has 0 saturated heterocycles. The molecule has 0 radical (unpaired) electrons. The second kappa shape index (κ2) is 3.38. The third-order valence-corrected chi connectivity index (χ3v) is 2.37. The van der Waals surface area contributed by atoms with Gasteiger partial charge in [-0.25, -0.2) is 0 Å². The molecule has 1 aliphatic carbocycles. The summed E-state index contributed by atoms with van der Waals surface area (Å²) in [5.41, 5.74) is 0. The summed E-state index contributed by atoms with van der Waals surface area (Å²) in [6.07, 6.45) is 2.79. The van der Waals surface area contributed by atoms with Crippen LogP contribution in [0.5, 0.6) is 0 Å². The second-order valence-corrected chi connectivity index (χ2v) is 3.27. The van der Waals surface area contributed by atoms with E-state index in [1.54, 1.807) is 0 Å². The fourth-order valence-corrected chi connectivity index (χ4v) is 1.64. The molecule has 1 rings (SSSR count). The molecule has 1 fully saturated rings. The molecular weight excluding hydrogens is 165 g/mol. The van der Waals surface area contributed by atoms with Crippen LogP contribution in [-0.4, -0.2) is 6.18 Å². The van der Waals surface area contributed by atoms with Crippen LogP contribution in [0.15, 0.2) is 0 Å². The molecule has 12 heavy (non-hydrogen) atoms. The maximum atomic E-state index is 12.2. The first kappa shape index (κ1) is 9.44. The molecule has 1 aliphatic rings. The highest BCUT2D eigenvalue weighted by Gasteiger charge is 2.41. The average Bonchev–Trinajstić information content (AvgIpc) is 2.03. The predicted octanol–water partition coefficient (Wildman–Crippen LogP) is 2.99. The summed E-state index contributed by atoms with van der Waals surface area (Å²) in [5, 5.41) is 0. The zero-order valence-electron chi connectivity index (χ0n) is 6.69. The number of hydrogen-bond donors (Lipinski definition) is 0. The number of terminal acetylenes is 1. The molecule has 3 heteroatoms. The van der Waals surface area contributed by atoms with Crippen LogP contribution in [0.2, 0.25) is 0 Å². The molecule has 0 heterocycles. The first-order valence-corrected chi connectivity index (χ1v) is 4.07. The highest BCUT2D eigenvalue weighted by atomic mass is 19.4. The van der Waals surface area contributed by atoms with E-state index in [4.69, 9.17) is 6.42 Å². The smallest absolute Gasteiger partial charge is 0.171 e. The van der Waals surface area contributed by atoms with E-state index in [1.165, 1.54) is 0 Å². The van der Waals surface area contributed by atoms with E-state index in [-0.39, 0.29) is 18.8 Å². The monoisotopic (exact) mass is 176 g/mol. The maximum Gasteiger partial charge on any atom is 0.391 e. The molecule has 0 amide bonds. The Hall–Kier alpha value is -0.650. The minimum Gasteiger partial charge on any atom is -0.171 e. The largest absolute Gasteiger partial charge is 0.391 e. The van der Waals surface area contributed by atoms with Gasteiger partial charge in [0.1, 0.15) is 0 Å². The quantitative estimate of drug-likeness (QED) is 0.498. The zero-order chi connectivity index (χ0) is 9.19. The molecule has 0 aromatic carbocycles. The van der Waals surface area contributed by atoms with Gasteiger partial charge in [-0.1, -0.05) is 6.42 Å². The zero-order valence-corrected chi connectivity index (χ0v) is 6.69. The number of rotatable bonds is 0. The van der Waals surface area contributed by atoms with Gasteiger partial charge >= 0.3 is 6.18 Å². The van der Waals surface area contributed by atoms with Crippen molar-refractivity contribution in [3.05, 3.63) is 0 Å². The summed E-state index contributed by atoms with van der Waals surface area (Å²) in [6, 6.07) is 0. The Morgan fingerprint density at radius 2 is 1.92 bits per heavy atom. The molecule has 2 atom stereocenters. The van der Waals surface area contributed by atoms with Gasteiger partial charge in [-0.15, -0.1) is 12.3 Å². The molecule has 0 aliphatic heterocycles. The van der Waals surface area contributed by atoms with Gasteiger partial charge in [0, 0.05) is 5.92 Å². The Bertz CT molecular complexity index is 187. The summed E-state index contributed by atoms with van der Waals surface area (Å²) >= 11 is 0. The molecular formula is C9H11F3. The second-order valence-electron chi connectivity index (χ2n) is 3.27. The standard InChI is InChI=1S/C9H11F3/c1-2-7-4-3-5-8(6-7)9(10,11)12/h1,7-8H,3-6H2/t7-,8-/m0/s1. The molecule has 0 spiro atoms. The highest BCUT2D eigenvalue weighted by molar-refractivity contribution is 4.96. The van der Waals surface area contributed by atoms with E-state index in [9.17, 15) is 13.2 Å². The Kier molecular flexibility index (Phi) is 2.66. The molecule has 1 saturated carbocycles. The van der Waals surface area contributed by atoms with Crippen molar-refractivity contribution in [2.75, 3.05) is 0 Å². The first-order chi connectivity index (χ1) is 5.54. The minimum absolute atomic E-state index is 0.125. The molecule has 0 unspecified atom stereocenters. The summed E-state index contributed by atoms with van der Waals surface area (Å²) < 4.78 is 36.5. The van der Waals surface area contributed by atoms with Crippen molar-refractivity contribution < 1.29 is 13.2 Å². The van der Waals surface area contributed by atoms with Crippen molar-refractivity contribution in [1.29, 1.82) is 0 Å².